The van der Waals surface area contributed by atoms with Crippen LogP contribution in [0.5, 0.6) is 5.88 Å². The van der Waals surface area contributed by atoms with Crippen LogP contribution in [0, 0.1) is 12.8 Å². The monoisotopic (exact) mass is 249 g/mol. The van der Waals surface area contributed by atoms with E-state index in [2.05, 4.69) is 11.9 Å². The van der Waals surface area contributed by atoms with Crippen LogP contribution in [-0.2, 0) is 6.61 Å². The first kappa shape index (κ1) is 13.3. The first-order valence-electron chi connectivity index (χ1n) is 6.98. The molecule has 0 aromatic carbocycles. The minimum absolute atomic E-state index is 0.0418. The number of pyridine rings is 1. The molecule has 0 saturated heterocycles. The Hall–Kier alpha value is -1.09. The Bertz CT molecular complexity index is 392. The molecular weight excluding hydrogens is 226 g/mol. The minimum Gasteiger partial charge on any atom is -0.474 e. The summed E-state index contributed by atoms with van der Waals surface area (Å²) in [7, 11) is 0. The van der Waals surface area contributed by atoms with Gasteiger partial charge in [-0.05, 0) is 50.2 Å². The zero-order valence-electron chi connectivity index (χ0n) is 11.4. The molecule has 1 heterocycles. The van der Waals surface area contributed by atoms with Crippen LogP contribution in [0.1, 0.15) is 50.3 Å². The summed E-state index contributed by atoms with van der Waals surface area (Å²) < 4.78 is 6.05. The zero-order valence-corrected chi connectivity index (χ0v) is 11.4. The van der Waals surface area contributed by atoms with Gasteiger partial charge >= 0.3 is 0 Å². The highest BCUT2D eigenvalue weighted by Gasteiger charge is 2.25. The van der Waals surface area contributed by atoms with Crippen LogP contribution in [-0.4, -0.2) is 16.2 Å². The van der Waals surface area contributed by atoms with Crippen molar-refractivity contribution in [2.24, 2.45) is 5.92 Å². The van der Waals surface area contributed by atoms with Gasteiger partial charge in [-0.25, -0.2) is 4.98 Å². The average Bonchev–Trinajstić information content (AvgIpc) is 2.39. The van der Waals surface area contributed by atoms with Gasteiger partial charge in [-0.3, -0.25) is 0 Å². The predicted molar refractivity (Wildman–Crippen MR) is 71.6 cm³/mol. The summed E-state index contributed by atoms with van der Waals surface area (Å²) in [6.45, 7) is 4.19. The van der Waals surface area contributed by atoms with Gasteiger partial charge in [-0.1, -0.05) is 13.3 Å². The van der Waals surface area contributed by atoms with Crippen molar-refractivity contribution in [3.63, 3.8) is 0 Å². The lowest BCUT2D eigenvalue weighted by molar-refractivity contribution is 0.0856. The summed E-state index contributed by atoms with van der Waals surface area (Å²) in [6, 6.07) is 3.78. The van der Waals surface area contributed by atoms with Crippen molar-refractivity contribution in [1.29, 1.82) is 0 Å². The standard InChI is InChI=1S/C15H23NO2/c1-3-12-6-4-5-7-14(12)18-15-9-8-13(10-17)11(2)16-15/h8-9,12,14,17H,3-7,10H2,1-2H3. The third-order valence-corrected chi connectivity index (χ3v) is 3.98. The van der Waals surface area contributed by atoms with Crippen molar-refractivity contribution >= 4 is 0 Å². The molecule has 0 bridgehead atoms. The molecule has 1 aliphatic rings. The second-order valence-corrected chi connectivity index (χ2v) is 5.16. The molecule has 0 radical (unpaired) electrons. The molecule has 2 atom stereocenters. The molecular formula is C15H23NO2. The molecule has 3 nitrogen and oxygen atoms in total. The molecule has 1 N–H and O–H groups in total. The van der Waals surface area contributed by atoms with Crippen molar-refractivity contribution in [2.75, 3.05) is 0 Å². The number of nitrogens with zero attached hydrogens (tertiary/aromatic N) is 1. The molecule has 1 saturated carbocycles. The van der Waals surface area contributed by atoms with E-state index >= 15 is 0 Å². The van der Waals surface area contributed by atoms with Crippen molar-refractivity contribution in [3.8, 4) is 5.88 Å². The number of hydrogen-bond donors (Lipinski definition) is 1. The lowest BCUT2D eigenvalue weighted by atomic mass is 9.85. The van der Waals surface area contributed by atoms with E-state index in [0.29, 0.717) is 17.9 Å². The molecule has 1 fully saturated rings. The second-order valence-electron chi connectivity index (χ2n) is 5.16. The van der Waals surface area contributed by atoms with E-state index in [4.69, 9.17) is 9.84 Å². The minimum atomic E-state index is 0.0418. The highest BCUT2D eigenvalue weighted by Crippen LogP contribution is 2.30. The fourth-order valence-electron chi connectivity index (χ4n) is 2.75. The summed E-state index contributed by atoms with van der Waals surface area (Å²) >= 11 is 0. The van der Waals surface area contributed by atoms with Crippen molar-refractivity contribution < 1.29 is 9.84 Å². The summed E-state index contributed by atoms with van der Waals surface area (Å²) in [6.07, 6.45) is 6.49. The summed E-state index contributed by atoms with van der Waals surface area (Å²) in [5.41, 5.74) is 1.73. The highest BCUT2D eigenvalue weighted by atomic mass is 16.5. The number of hydrogen-bond acceptors (Lipinski definition) is 3. The highest BCUT2D eigenvalue weighted by molar-refractivity contribution is 5.24. The Morgan fingerprint density at radius 3 is 2.78 bits per heavy atom. The van der Waals surface area contributed by atoms with E-state index in [9.17, 15) is 0 Å². The average molecular weight is 249 g/mol. The normalized spacial score (nSPS) is 23.9. The van der Waals surface area contributed by atoms with Crippen molar-refractivity contribution in [3.05, 3.63) is 23.4 Å². The van der Waals surface area contributed by atoms with Gasteiger partial charge in [0.25, 0.3) is 0 Å². The summed E-state index contributed by atoms with van der Waals surface area (Å²) in [5, 5.41) is 9.13. The van der Waals surface area contributed by atoms with Gasteiger partial charge in [0, 0.05) is 11.8 Å². The van der Waals surface area contributed by atoms with Gasteiger partial charge in [-0.15, -0.1) is 0 Å². The third kappa shape index (κ3) is 3.02. The van der Waals surface area contributed by atoms with Gasteiger partial charge < -0.3 is 9.84 Å². The lowest BCUT2D eigenvalue weighted by Crippen LogP contribution is -2.30. The van der Waals surface area contributed by atoms with E-state index in [0.717, 1.165) is 17.7 Å². The number of aliphatic hydroxyl groups excluding tert-OH is 1. The quantitative estimate of drug-likeness (QED) is 0.890. The SMILES string of the molecule is CCC1CCCCC1Oc1ccc(CO)c(C)n1. The molecule has 1 aliphatic carbocycles. The van der Waals surface area contributed by atoms with Gasteiger partial charge in [0.15, 0.2) is 0 Å². The largest absolute Gasteiger partial charge is 0.474 e. The van der Waals surface area contributed by atoms with Gasteiger partial charge in [0.2, 0.25) is 5.88 Å². The number of aryl methyl sites for hydroxylation is 1. The Kier molecular flexibility index (Phi) is 4.59. The second kappa shape index (κ2) is 6.19. The fraction of sp³-hybridized carbons (Fsp3) is 0.667. The Labute approximate surface area is 109 Å². The van der Waals surface area contributed by atoms with Crippen LogP contribution < -0.4 is 4.74 Å². The van der Waals surface area contributed by atoms with Gasteiger partial charge in [0.1, 0.15) is 6.10 Å². The third-order valence-electron chi connectivity index (χ3n) is 3.98. The molecule has 18 heavy (non-hydrogen) atoms. The fourth-order valence-corrected chi connectivity index (χ4v) is 2.75. The molecule has 3 heteroatoms. The smallest absolute Gasteiger partial charge is 0.213 e. The number of ether oxygens (including phenoxy) is 1. The van der Waals surface area contributed by atoms with Crippen LogP contribution in [0.15, 0.2) is 12.1 Å². The van der Waals surface area contributed by atoms with E-state index in [1.165, 1.54) is 25.7 Å². The van der Waals surface area contributed by atoms with Gasteiger partial charge in [0.05, 0.1) is 6.61 Å². The van der Waals surface area contributed by atoms with Crippen LogP contribution in [0.4, 0.5) is 0 Å². The van der Waals surface area contributed by atoms with Crippen LogP contribution in [0.2, 0.25) is 0 Å². The Balaban J connectivity index is 2.05. The number of rotatable bonds is 4. The van der Waals surface area contributed by atoms with Crippen LogP contribution in [0.3, 0.4) is 0 Å². The molecule has 0 amide bonds. The Morgan fingerprint density at radius 2 is 2.11 bits per heavy atom. The van der Waals surface area contributed by atoms with E-state index in [-0.39, 0.29) is 6.61 Å². The maximum atomic E-state index is 9.13. The summed E-state index contributed by atoms with van der Waals surface area (Å²) in [4.78, 5) is 4.42. The zero-order chi connectivity index (χ0) is 13.0. The molecule has 100 valence electrons. The molecule has 1 aromatic rings. The van der Waals surface area contributed by atoms with Crippen molar-refractivity contribution in [2.45, 2.75) is 58.7 Å². The maximum absolute atomic E-state index is 9.13. The number of aromatic nitrogens is 1. The molecule has 2 unspecified atom stereocenters. The van der Waals surface area contributed by atoms with E-state index in [1.54, 1.807) is 0 Å². The molecule has 0 aliphatic heterocycles. The number of aliphatic hydroxyl groups is 1. The van der Waals surface area contributed by atoms with E-state index in [1.807, 2.05) is 19.1 Å². The van der Waals surface area contributed by atoms with Crippen LogP contribution >= 0.6 is 0 Å². The molecule has 1 aromatic heterocycles. The van der Waals surface area contributed by atoms with E-state index < -0.39 is 0 Å². The first-order chi connectivity index (χ1) is 8.74. The first-order valence-corrected chi connectivity index (χ1v) is 6.98. The van der Waals surface area contributed by atoms with Crippen molar-refractivity contribution in [1.82, 2.24) is 4.98 Å². The van der Waals surface area contributed by atoms with Gasteiger partial charge in [-0.2, -0.15) is 0 Å². The van der Waals surface area contributed by atoms with Crippen LogP contribution in [0.25, 0.3) is 0 Å². The molecule has 0 spiro atoms. The summed E-state index contributed by atoms with van der Waals surface area (Å²) in [5.74, 6) is 1.37. The maximum Gasteiger partial charge on any atom is 0.213 e. The lowest BCUT2D eigenvalue weighted by Gasteiger charge is -2.30. The molecule has 2 rings (SSSR count). The Morgan fingerprint density at radius 1 is 1.33 bits per heavy atom. The predicted octanol–water partition coefficient (Wildman–Crippen LogP) is 3.23. The topological polar surface area (TPSA) is 42.4 Å².